The summed E-state index contributed by atoms with van der Waals surface area (Å²) in [7, 11) is 3.18. The molecule has 6 heteroatoms. The monoisotopic (exact) mass is 347 g/mol. The zero-order valence-electron chi connectivity index (χ0n) is 14.8. The zero-order valence-corrected chi connectivity index (χ0v) is 14.8. The van der Waals surface area contributed by atoms with Crippen LogP contribution in [0.4, 0.5) is 0 Å². The van der Waals surface area contributed by atoms with Crippen molar-refractivity contribution in [1.82, 2.24) is 4.90 Å². The molecule has 1 saturated heterocycles. The second kappa shape index (κ2) is 6.94. The number of benzene rings is 1. The lowest BCUT2D eigenvalue weighted by molar-refractivity contribution is -0.159. The molecule has 1 heterocycles. The van der Waals surface area contributed by atoms with E-state index in [9.17, 15) is 14.7 Å². The van der Waals surface area contributed by atoms with E-state index >= 15 is 0 Å². The first-order valence-corrected chi connectivity index (χ1v) is 8.75. The summed E-state index contributed by atoms with van der Waals surface area (Å²) in [5.41, 5.74) is 0.156. The maximum absolute atomic E-state index is 12.8. The van der Waals surface area contributed by atoms with Gasteiger partial charge < -0.3 is 19.5 Å². The molecule has 1 amide bonds. The molecular weight excluding hydrogens is 322 g/mol. The Morgan fingerprint density at radius 3 is 2.48 bits per heavy atom. The molecule has 3 rings (SSSR count). The quantitative estimate of drug-likeness (QED) is 0.856. The number of carboxylic acid groups (broad SMARTS) is 1. The largest absolute Gasteiger partial charge is 0.493 e. The van der Waals surface area contributed by atoms with E-state index in [0.29, 0.717) is 30.9 Å². The molecule has 1 aliphatic carbocycles. The van der Waals surface area contributed by atoms with Crippen molar-refractivity contribution < 1.29 is 24.2 Å². The highest BCUT2D eigenvalue weighted by atomic mass is 16.5. The van der Waals surface area contributed by atoms with Crippen LogP contribution in [0.2, 0.25) is 0 Å². The Bertz CT molecular complexity index is 668. The van der Waals surface area contributed by atoms with Crippen LogP contribution < -0.4 is 9.47 Å². The Balaban J connectivity index is 1.78. The number of nitrogens with zero attached hydrogens (tertiary/aromatic N) is 1. The number of ether oxygens (including phenoxy) is 2. The smallest absolute Gasteiger partial charge is 0.310 e. The first-order chi connectivity index (χ1) is 12.0. The summed E-state index contributed by atoms with van der Waals surface area (Å²) in [4.78, 5) is 26.2. The van der Waals surface area contributed by atoms with Crippen molar-refractivity contribution in [3.63, 3.8) is 0 Å². The lowest BCUT2D eigenvalue weighted by Gasteiger charge is -2.38. The molecule has 136 valence electrons. The minimum Gasteiger partial charge on any atom is -0.493 e. The van der Waals surface area contributed by atoms with Crippen LogP contribution in [-0.4, -0.2) is 42.6 Å². The lowest BCUT2D eigenvalue weighted by atomic mass is 9.66. The van der Waals surface area contributed by atoms with Crippen LogP contribution in [0.5, 0.6) is 11.5 Å². The predicted octanol–water partition coefficient (Wildman–Crippen LogP) is 3.01. The first-order valence-electron chi connectivity index (χ1n) is 8.75. The molecule has 2 aliphatic rings. The van der Waals surface area contributed by atoms with Gasteiger partial charge in [-0.2, -0.15) is 0 Å². The van der Waals surface area contributed by atoms with Crippen molar-refractivity contribution in [1.29, 1.82) is 0 Å². The fourth-order valence-corrected chi connectivity index (χ4v) is 3.93. The van der Waals surface area contributed by atoms with Gasteiger partial charge in [0.15, 0.2) is 11.5 Å². The van der Waals surface area contributed by atoms with Gasteiger partial charge in [0.05, 0.1) is 25.7 Å². The number of hydrogen-bond donors (Lipinski definition) is 1. The third-order valence-corrected chi connectivity index (χ3v) is 5.62. The van der Waals surface area contributed by atoms with Gasteiger partial charge in [-0.3, -0.25) is 9.59 Å². The highest BCUT2D eigenvalue weighted by molar-refractivity contribution is 5.86. The van der Waals surface area contributed by atoms with E-state index < -0.39 is 11.4 Å². The van der Waals surface area contributed by atoms with Crippen molar-refractivity contribution in [2.24, 2.45) is 5.41 Å². The normalized spacial score (nSPS) is 21.5. The molecule has 0 bridgehead atoms. The summed E-state index contributed by atoms with van der Waals surface area (Å²) in [6.07, 6.45) is 3.99. The average Bonchev–Trinajstić information content (AvgIpc) is 3.06. The van der Waals surface area contributed by atoms with Gasteiger partial charge in [0.2, 0.25) is 5.91 Å². The highest BCUT2D eigenvalue weighted by Gasteiger charge is 2.47. The zero-order chi connectivity index (χ0) is 18.0. The number of likely N-dealkylation sites (tertiary alicyclic amines) is 1. The molecule has 0 radical (unpaired) electrons. The summed E-state index contributed by atoms with van der Waals surface area (Å²) < 4.78 is 10.6. The van der Waals surface area contributed by atoms with E-state index in [0.717, 1.165) is 24.8 Å². The molecular formula is C19H25NO5. The molecule has 1 saturated carbocycles. The minimum atomic E-state index is -0.845. The summed E-state index contributed by atoms with van der Waals surface area (Å²) >= 11 is 0. The number of aliphatic carboxylic acids is 1. The molecule has 1 atom stereocenters. The second-order valence-electron chi connectivity index (χ2n) is 6.98. The topological polar surface area (TPSA) is 76.1 Å². The van der Waals surface area contributed by atoms with Crippen LogP contribution in [0.3, 0.4) is 0 Å². The van der Waals surface area contributed by atoms with Gasteiger partial charge in [0.1, 0.15) is 0 Å². The van der Waals surface area contributed by atoms with E-state index in [1.807, 2.05) is 23.1 Å². The summed E-state index contributed by atoms with van der Waals surface area (Å²) in [5, 5.41) is 9.48. The van der Waals surface area contributed by atoms with E-state index in [1.165, 1.54) is 0 Å². The van der Waals surface area contributed by atoms with E-state index in [4.69, 9.17) is 9.47 Å². The number of rotatable bonds is 6. The standard InChI is InChI=1S/C19H25NO5/c1-24-15-7-6-13(11-16(15)25-2)14-5-3-10-20(14)17(21)12-19(18(22)23)8-4-9-19/h6-7,11,14H,3-5,8-10,12H2,1-2H3,(H,22,23). The Kier molecular flexibility index (Phi) is 4.88. The van der Waals surface area contributed by atoms with Gasteiger partial charge in [-0.15, -0.1) is 0 Å². The van der Waals surface area contributed by atoms with E-state index in [-0.39, 0.29) is 18.4 Å². The van der Waals surface area contributed by atoms with Crippen LogP contribution >= 0.6 is 0 Å². The molecule has 1 aromatic carbocycles. The van der Waals surface area contributed by atoms with Crippen molar-refractivity contribution >= 4 is 11.9 Å². The van der Waals surface area contributed by atoms with Crippen molar-refractivity contribution in [3.8, 4) is 11.5 Å². The van der Waals surface area contributed by atoms with Crippen LogP contribution in [-0.2, 0) is 9.59 Å². The van der Waals surface area contributed by atoms with Crippen molar-refractivity contribution in [2.45, 2.75) is 44.6 Å². The number of hydrogen-bond acceptors (Lipinski definition) is 4. The molecule has 1 aliphatic heterocycles. The summed E-state index contributed by atoms with van der Waals surface area (Å²) in [5.74, 6) is 0.398. The number of carbonyl (C=O) groups excluding carboxylic acids is 1. The molecule has 0 aromatic heterocycles. The Morgan fingerprint density at radius 1 is 1.20 bits per heavy atom. The maximum atomic E-state index is 12.8. The SMILES string of the molecule is COc1ccc(C2CCCN2C(=O)CC2(C(=O)O)CCC2)cc1OC. The van der Waals surface area contributed by atoms with Crippen LogP contribution in [0.1, 0.15) is 50.1 Å². The van der Waals surface area contributed by atoms with Crippen molar-refractivity contribution in [2.75, 3.05) is 20.8 Å². The van der Waals surface area contributed by atoms with Crippen molar-refractivity contribution in [3.05, 3.63) is 23.8 Å². The number of carboxylic acids is 1. The third-order valence-electron chi connectivity index (χ3n) is 5.62. The van der Waals surface area contributed by atoms with E-state index in [1.54, 1.807) is 14.2 Å². The van der Waals surface area contributed by atoms with Gasteiger partial charge in [0, 0.05) is 13.0 Å². The second-order valence-corrected chi connectivity index (χ2v) is 6.98. The Morgan fingerprint density at radius 2 is 1.92 bits per heavy atom. The predicted molar refractivity (Wildman–Crippen MR) is 91.8 cm³/mol. The van der Waals surface area contributed by atoms with Gasteiger partial charge in [-0.05, 0) is 43.4 Å². The number of carbonyl (C=O) groups is 2. The minimum absolute atomic E-state index is 0.0294. The van der Waals surface area contributed by atoms with Crippen LogP contribution in [0.15, 0.2) is 18.2 Å². The Labute approximate surface area is 147 Å². The molecule has 1 aromatic rings. The van der Waals surface area contributed by atoms with E-state index in [2.05, 4.69) is 0 Å². The molecule has 0 spiro atoms. The molecule has 25 heavy (non-hydrogen) atoms. The van der Waals surface area contributed by atoms with Gasteiger partial charge >= 0.3 is 5.97 Å². The highest BCUT2D eigenvalue weighted by Crippen LogP contribution is 2.46. The van der Waals surface area contributed by atoms with Gasteiger partial charge in [-0.25, -0.2) is 0 Å². The van der Waals surface area contributed by atoms with Crippen LogP contribution in [0, 0.1) is 5.41 Å². The molecule has 2 fully saturated rings. The molecule has 6 nitrogen and oxygen atoms in total. The molecule has 1 N–H and O–H groups in total. The number of methoxy groups -OCH3 is 2. The number of amides is 1. The fraction of sp³-hybridized carbons (Fsp3) is 0.579. The summed E-state index contributed by atoms with van der Waals surface area (Å²) in [6, 6.07) is 5.68. The third kappa shape index (κ3) is 3.17. The van der Waals surface area contributed by atoms with Gasteiger partial charge in [-0.1, -0.05) is 12.5 Å². The molecule has 1 unspecified atom stereocenters. The first kappa shape index (κ1) is 17.6. The summed E-state index contributed by atoms with van der Waals surface area (Å²) in [6.45, 7) is 0.674. The van der Waals surface area contributed by atoms with Gasteiger partial charge in [0.25, 0.3) is 0 Å². The van der Waals surface area contributed by atoms with Crippen LogP contribution in [0.25, 0.3) is 0 Å². The fourth-order valence-electron chi connectivity index (χ4n) is 3.93. The Hall–Kier alpha value is -2.24. The average molecular weight is 347 g/mol. The maximum Gasteiger partial charge on any atom is 0.310 e. The lowest BCUT2D eigenvalue weighted by Crippen LogP contribution is -2.43.